The summed E-state index contributed by atoms with van der Waals surface area (Å²) in [6.07, 6.45) is 3.04. The molecule has 0 unspecified atom stereocenters. The highest BCUT2D eigenvalue weighted by atomic mass is 15.1. The fourth-order valence-corrected chi connectivity index (χ4v) is 1.47. The van der Waals surface area contributed by atoms with E-state index in [0.29, 0.717) is 6.04 Å². The highest BCUT2D eigenvalue weighted by molar-refractivity contribution is 5.05. The van der Waals surface area contributed by atoms with Gasteiger partial charge in [0.05, 0.1) is 0 Å². The zero-order chi connectivity index (χ0) is 8.43. The standard InChI is InChI=1S/C9H16N2/c1-5-9-6-10-8(4)11(9)7(2)3/h6-7H,5H2,1-4H3. The fourth-order valence-electron chi connectivity index (χ4n) is 1.47. The number of imidazole rings is 1. The van der Waals surface area contributed by atoms with Gasteiger partial charge >= 0.3 is 0 Å². The van der Waals surface area contributed by atoms with E-state index in [1.807, 2.05) is 6.20 Å². The summed E-state index contributed by atoms with van der Waals surface area (Å²) < 4.78 is 2.28. The summed E-state index contributed by atoms with van der Waals surface area (Å²) in [6.45, 7) is 8.59. The molecular weight excluding hydrogens is 136 g/mol. The van der Waals surface area contributed by atoms with Crippen molar-refractivity contribution in [3.05, 3.63) is 17.7 Å². The van der Waals surface area contributed by atoms with Crippen LogP contribution in [0.25, 0.3) is 0 Å². The Hall–Kier alpha value is -0.790. The molecule has 11 heavy (non-hydrogen) atoms. The Labute approximate surface area is 68.3 Å². The largest absolute Gasteiger partial charge is 0.330 e. The molecule has 62 valence electrons. The number of rotatable bonds is 2. The van der Waals surface area contributed by atoms with Gasteiger partial charge in [0, 0.05) is 17.9 Å². The average molecular weight is 152 g/mol. The monoisotopic (exact) mass is 152 g/mol. The molecule has 0 aromatic carbocycles. The number of hydrogen-bond donors (Lipinski definition) is 0. The molecule has 1 heterocycles. The van der Waals surface area contributed by atoms with Crippen LogP contribution in [-0.4, -0.2) is 9.55 Å². The second-order valence-corrected chi connectivity index (χ2v) is 3.11. The van der Waals surface area contributed by atoms with Gasteiger partial charge in [-0.2, -0.15) is 0 Å². The first kappa shape index (κ1) is 8.31. The molecule has 0 atom stereocenters. The van der Waals surface area contributed by atoms with Crippen molar-refractivity contribution in [3.8, 4) is 0 Å². The molecule has 2 nitrogen and oxygen atoms in total. The van der Waals surface area contributed by atoms with E-state index in [2.05, 4.69) is 37.2 Å². The number of nitrogens with zero attached hydrogens (tertiary/aromatic N) is 2. The Morgan fingerprint density at radius 3 is 2.55 bits per heavy atom. The van der Waals surface area contributed by atoms with Crippen molar-refractivity contribution in [2.45, 2.75) is 40.2 Å². The fraction of sp³-hybridized carbons (Fsp3) is 0.667. The molecule has 2 heteroatoms. The van der Waals surface area contributed by atoms with E-state index in [9.17, 15) is 0 Å². The van der Waals surface area contributed by atoms with E-state index in [0.717, 1.165) is 12.2 Å². The molecule has 0 aliphatic carbocycles. The summed E-state index contributed by atoms with van der Waals surface area (Å²) in [7, 11) is 0. The highest BCUT2D eigenvalue weighted by Gasteiger charge is 2.06. The minimum absolute atomic E-state index is 0.535. The van der Waals surface area contributed by atoms with Crippen LogP contribution >= 0.6 is 0 Å². The van der Waals surface area contributed by atoms with Gasteiger partial charge in [-0.05, 0) is 27.2 Å². The van der Waals surface area contributed by atoms with Gasteiger partial charge in [0.15, 0.2) is 0 Å². The molecule has 1 aromatic heterocycles. The van der Waals surface area contributed by atoms with Crippen LogP contribution in [-0.2, 0) is 6.42 Å². The van der Waals surface area contributed by atoms with E-state index in [-0.39, 0.29) is 0 Å². The molecule has 0 saturated heterocycles. The van der Waals surface area contributed by atoms with Gasteiger partial charge in [-0.1, -0.05) is 6.92 Å². The zero-order valence-electron chi connectivity index (χ0n) is 7.76. The first-order valence-corrected chi connectivity index (χ1v) is 4.19. The summed E-state index contributed by atoms with van der Waals surface area (Å²) in [5, 5.41) is 0. The lowest BCUT2D eigenvalue weighted by atomic mass is 10.3. The van der Waals surface area contributed by atoms with Crippen molar-refractivity contribution in [3.63, 3.8) is 0 Å². The van der Waals surface area contributed by atoms with Gasteiger partial charge in [-0.15, -0.1) is 0 Å². The van der Waals surface area contributed by atoms with Gasteiger partial charge in [-0.3, -0.25) is 0 Å². The summed E-state index contributed by atoms with van der Waals surface area (Å²) >= 11 is 0. The van der Waals surface area contributed by atoms with Gasteiger partial charge in [0.25, 0.3) is 0 Å². The Balaban J connectivity index is 3.07. The lowest BCUT2D eigenvalue weighted by Crippen LogP contribution is -2.06. The maximum atomic E-state index is 4.27. The maximum absolute atomic E-state index is 4.27. The molecule has 0 spiro atoms. The van der Waals surface area contributed by atoms with Crippen LogP contribution in [0.1, 0.15) is 38.3 Å². The molecule has 1 rings (SSSR count). The van der Waals surface area contributed by atoms with Crippen molar-refractivity contribution in [1.82, 2.24) is 9.55 Å². The third-order valence-electron chi connectivity index (χ3n) is 1.94. The van der Waals surface area contributed by atoms with Crippen LogP contribution in [0.3, 0.4) is 0 Å². The minimum Gasteiger partial charge on any atom is -0.330 e. The summed E-state index contributed by atoms with van der Waals surface area (Å²) in [5.41, 5.74) is 1.33. The Morgan fingerprint density at radius 1 is 1.55 bits per heavy atom. The minimum atomic E-state index is 0.535. The molecule has 0 fully saturated rings. The van der Waals surface area contributed by atoms with E-state index in [4.69, 9.17) is 0 Å². The first-order chi connectivity index (χ1) is 5.16. The van der Waals surface area contributed by atoms with Gasteiger partial charge in [0.1, 0.15) is 5.82 Å². The van der Waals surface area contributed by atoms with E-state index in [1.54, 1.807) is 0 Å². The summed E-state index contributed by atoms with van der Waals surface area (Å²) in [5.74, 6) is 1.12. The highest BCUT2D eigenvalue weighted by Crippen LogP contribution is 2.12. The average Bonchev–Trinajstić information content (AvgIpc) is 2.30. The Kier molecular flexibility index (Phi) is 2.32. The molecule has 0 N–H and O–H groups in total. The number of hydrogen-bond acceptors (Lipinski definition) is 1. The predicted octanol–water partition coefficient (Wildman–Crippen LogP) is 2.33. The maximum Gasteiger partial charge on any atom is 0.105 e. The Morgan fingerprint density at radius 2 is 2.18 bits per heavy atom. The molecule has 0 aliphatic rings. The number of aromatic nitrogens is 2. The quantitative estimate of drug-likeness (QED) is 0.636. The van der Waals surface area contributed by atoms with E-state index < -0.39 is 0 Å². The molecule has 0 aliphatic heterocycles. The second-order valence-electron chi connectivity index (χ2n) is 3.11. The molecule has 0 bridgehead atoms. The second kappa shape index (κ2) is 3.07. The lowest BCUT2D eigenvalue weighted by molar-refractivity contribution is 0.561. The van der Waals surface area contributed by atoms with Crippen LogP contribution in [0.15, 0.2) is 6.20 Å². The smallest absolute Gasteiger partial charge is 0.105 e. The van der Waals surface area contributed by atoms with Crippen LogP contribution in [0.4, 0.5) is 0 Å². The van der Waals surface area contributed by atoms with Crippen molar-refractivity contribution in [2.75, 3.05) is 0 Å². The third kappa shape index (κ3) is 1.44. The van der Waals surface area contributed by atoms with Crippen molar-refractivity contribution >= 4 is 0 Å². The number of aryl methyl sites for hydroxylation is 2. The van der Waals surface area contributed by atoms with E-state index in [1.165, 1.54) is 5.69 Å². The molecular formula is C9H16N2. The first-order valence-electron chi connectivity index (χ1n) is 4.19. The predicted molar refractivity (Wildman–Crippen MR) is 46.7 cm³/mol. The topological polar surface area (TPSA) is 17.8 Å². The summed E-state index contributed by atoms with van der Waals surface area (Å²) in [4.78, 5) is 4.27. The third-order valence-corrected chi connectivity index (χ3v) is 1.94. The molecule has 0 amide bonds. The molecule has 0 radical (unpaired) electrons. The van der Waals surface area contributed by atoms with Gasteiger partial charge < -0.3 is 4.57 Å². The zero-order valence-corrected chi connectivity index (χ0v) is 7.76. The van der Waals surface area contributed by atoms with Crippen molar-refractivity contribution < 1.29 is 0 Å². The van der Waals surface area contributed by atoms with Gasteiger partial charge in [0.2, 0.25) is 0 Å². The van der Waals surface area contributed by atoms with Crippen LogP contribution in [0.5, 0.6) is 0 Å². The summed E-state index contributed by atoms with van der Waals surface area (Å²) in [6, 6.07) is 0.535. The molecule has 1 aromatic rings. The Bertz CT molecular complexity index is 236. The van der Waals surface area contributed by atoms with Crippen molar-refractivity contribution in [2.24, 2.45) is 0 Å². The molecule has 0 saturated carbocycles. The SMILES string of the molecule is CCc1cnc(C)n1C(C)C. The normalized spacial score (nSPS) is 11.0. The van der Waals surface area contributed by atoms with Crippen LogP contribution in [0, 0.1) is 6.92 Å². The van der Waals surface area contributed by atoms with E-state index >= 15 is 0 Å². The van der Waals surface area contributed by atoms with Crippen molar-refractivity contribution in [1.29, 1.82) is 0 Å². The van der Waals surface area contributed by atoms with Gasteiger partial charge in [-0.25, -0.2) is 4.98 Å². The van der Waals surface area contributed by atoms with Crippen LogP contribution in [0.2, 0.25) is 0 Å². The lowest BCUT2D eigenvalue weighted by Gasteiger charge is -2.12. The van der Waals surface area contributed by atoms with Crippen LogP contribution < -0.4 is 0 Å².